The van der Waals surface area contributed by atoms with Crippen LogP contribution in [0.2, 0.25) is 0 Å². The fourth-order valence-electron chi connectivity index (χ4n) is 2.79. The fourth-order valence-corrected chi connectivity index (χ4v) is 2.79. The molecule has 0 bridgehead atoms. The quantitative estimate of drug-likeness (QED) is 0.853. The predicted octanol–water partition coefficient (Wildman–Crippen LogP) is 1.55. The third-order valence-electron chi connectivity index (χ3n) is 4.27. The molecule has 0 saturated carbocycles. The highest BCUT2D eigenvalue weighted by Gasteiger charge is 2.36. The Labute approximate surface area is 135 Å². The lowest BCUT2D eigenvalue weighted by Crippen LogP contribution is -2.56. The standard InChI is InChI=1S/C17H22N2O4/c20-16(14-6-8-18-9-7-14)23-15-10-19(11-15)17(21)22-12-13-4-2-1-3-5-13/h1-5,14-15,18H,6-12H2. The second-order valence-corrected chi connectivity index (χ2v) is 6.03. The van der Waals surface area contributed by atoms with Gasteiger partial charge in [0.05, 0.1) is 19.0 Å². The minimum absolute atomic E-state index is 0.00432. The molecule has 2 heterocycles. The smallest absolute Gasteiger partial charge is 0.410 e. The van der Waals surface area contributed by atoms with Crippen molar-refractivity contribution in [1.82, 2.24) is 10.2 Å². The first-order valence-electron chi connectivity index (χ1n) is 8.09. The van der Waals surface area contributed by atoms with E-state index in [1.54, 1.807) is 4.90 Å². The highest BCUT2D eigenvalue weighted by atomic mass is 16.6. The van der Waals surface area contributed by atoms with Crippen LogP contribution in [0.4, 0.5) is 4.79 Å². The predicted molar refractivity (Wildman–Crippen MR) is 83.7 cm³/mol. The zero-order valence-electron chi connectivity index (χ0n) is 13.1. The van der Waals surface area contributed by atoms with Crippen LogP contribution in [0, 0.1) is 5.92 Å². The van der Waals surface area contributed by atoms with Gasteiger partial charge in [0, 0.05) is 0 Å². The average molecular weight is 318 g/mol. The Bertz CT molecular complexity index is 537. The van der Waals surface area contributed by atoms with Crippen molar-refractivity contribution in [2.75, 3.05) is 26.2 Å². The van der Waals surface area contributed by atoms with Gasteiger partial charge in [-0.1, -0.05) is 30.3 Å². The largest absolute Gasteiger partial charge is 0.458 e. The van der Waals surface area contributed by atoms with Gasteiger partial charge in [-0.15, -0.1) is 0 Å². The Morgan fingerprint density at radius 2 is 1.83 bits per heavy atom. The SMILES string of the molecule is O=C(OC1CN(C(=O)OCc2ccccc2)C1)C1CCNCC1. The van der Waals surface area contributed by atoms with Crippen molar-refractivity contribution in [3.63, 3.8) is 0 Å². The highest BCUT2D eigenvalue weighted by molar-refractivity contribution is 5.73. The molecule has 2 saturated heterocycles. The molecule has 2 aliphatic heterocycles. The summed E-state index contributed by atoms with van der Waals surface area (Å²) in [5, 5.41) is 3.22. The number of carbonyl (C=O) groups excluding carboxylic acids is 2. The van der Waals surface area contributed by atoms with E-state index in [9.17, 15) is 9.59 Å². The molecule has 2 fully saturated rings. The molecule has 2 aliphatic rings. The van der Waals surface area contributed by atoms with E-state index in [2.05, 4.69) is 5.32 Å². The molecular weight excluding hydrogens is 296 g/mol. The molecule has 1 aromatic carbocycles. The first-order valence-corrected chi connectivity index (χ1v) is 8.09. The maximum atomic E-state index is 12.0. The number of hydrogen-bond donors (Lipinski definition) is 1. The molecule has 0 aliphatic carbocycles. The van der Waals surface area contributed by atoms with Crippen LogP contribution in [-0.4, -0.2) is 49.2 Å². The molecular formula is C17H22N2O4. The highest BCUT2D eigenvalue weighted by Crippen LogP contribution is 2.19. The average Bonchev–Trinajstić information content (AvgIpc) is 2.57. The van der Waals surface area contributed by atoms with E-state index in [0.717, 1.165) is 31.5 Å². The maximum absolute atomic E-state index is 12.0. The van der Waals surface area contributed by atoms with Crippen molar-refractivity contribution >= 4 is 12.1 Å². The zero-order valence-corrected chi connectivity index (χ0v) is 13.1. The Balaban J connectivity index is 1.35. The van der Waals surface area contributed by atoms with Crippen LogP contribution in [0.1, 0.15) is 18.4 Å². The Hall–Kier alpha value is -2.08. The van der Waals surface area contributed by atoms with E-state index in [0.29, 0.717) is 13.1 Å². The van der Waals surface area contributed by atoms with Crippen molar-refractivity contribution in [2.45, 2.75) is 25.6 Å². The number of carbonyl (C=O) groups is 2. The van der Waals surface area contributed by atoms with Crippen LogP contribution in [0.15, 0.2) is 30.3 Å². The van der Waals surface area contributed by atoms with E-state index in [1.807, 2.05) is 30.3 Å². The van der Waals surface area contributed by atoms with Crippen LogP contribution in [-0.2, 0) is 20.9 Å². The molecule has 0 unspecified atom stereocenters. The fraction of sp³-hybridized carbons (Fsp3) is 0.529. The number of likely N-dealkylation sites (tertiary alicyclic amines) is 1. The third kappa shape index (κ3) is 4.22. The van der Waals surface area contributed by atoms with Gasteiger partial charge in [0.1, 0.15) is 12.7 Å². The maximum Gasteiger partial charge on any atom is 0.410 e. The van der Waals surface area contributed by atoms with Gasteiger partial charge in [0.25, 0.3) is 0 Å². The van der Waals surface area contributed by atoms with Gasteiger partial charge in [-0.2, -0.15) is 0 Å². The summed E-state index contributed by atoms with van der Waals surface area (Å²) in [5.74, 6) is -0.135. The second-order valence-electron chi connectivity index (χ2n) is 6.03. The Kier molecular flexibility index (Phi) is 5.12. The summed E-state index contributed by atoms with van der Waals surface area (Å²) in [6.07, 6.45) is 1.10. The van der Waals surface area contributed by atoms with E-state index < -0.39 is 0 Å². The molecule has 0 atom stereocenters. The van der Waals surface area contributed by atoms with Gasteiger partial charge < -0.3 is 19.7 Å². The molecule has 3 rings (SSSR count). The van der Waals surface area contributed by atoms with E-state index in [-0.39, 0.29) is 30.7 Å². The number of rotatable bonds is 4. The van der Waals surface area contributed by atoms with Crippen LogP contribution in [0.25, 0.3) is 0 Å². The lowest BCUT2D eigenvalue weighted by molar-refractivity contribution is -0.162. The van der Waals surface area contributed by atoms with E-state index >= 15 is 0 Å². The molecule has 124 valence electrons. The normalized spacial score (nSPS) is 19.0. The van der Waals surface area contributed by atoms with Crippen molar-refractivity contribution in [2.24, 2.45) is 5.92 Å². The summed E-state index contributed by atoms with van der Waals surface area (Å²) in [4.78, 5) is 25.4. The van der Waals surface area contributed by atoms with Crippen molar-refractivity contribution in [1.29, 1.82) is 0 Å². The molecule has 0 spiro atoms. The summed E-state index contributed by atoms with van der Waals surface area (Å²) in [7, 11) is 0. The Morgan fingerprint density at radius 3 is 2.52 bits per heavy atom. The van der Waals surface area contributed by atoms with Crippen LogP contribution in [0.3, 0.4) is 0 Å². The third-order valence-corrected chi connectivity index (χ3v) is 4.27. The number of benzene rings is 1. The molecule has 1 N–H and O–H groups in total. The minimum atomic E-state index is -0.358. The summed E-state index contributed by atoms with van der Waals surface area (Å²) < 4.78 is 10.7. The number of piperidine rings is 1. The first kappa shape index (κ1) is 15.8. The lowest BCUT2D eigenvalue weighted by atomic mass is 9.98. The molecule has 6 heteroatoms. The molecule has 1 amide bonds. The molecule has 0 radical (unpaired) electrons. The van der Waals surface area contributed by atoms with Gasteiger partial charge in [0.2, 0.25) is 0 Å². The van der Waals surface area contributed by atoms with Gasteiger partial charge in [0.15, 0.2) is 0 Å². The monoisotopic (exact) mass is 318 g/mol. The Morgan fingerprint density at radius 1 is 1.13 bits per heavy atom. The van der Waals surface area contributed by atoms with Crippen LogP contribution >= 0.6 is 0 Å². The number of esters is 1. The number of amides is 1. The minimum Gasteiger partial charge on any atom is -0.458 e. The summed E-state index contributed by atoms with van der Waals surface area (Å²) in [5.41, 5.74) is 0.954. The van der Waals surface area contributed by atoms with Crippen molar-refractivity contribution in [3.8, 4) is 0 Å². The van der Waals surface area contributed by atoms with Gasteiger partial charge in [-0.25, -0.2) is 4.79 Å². The number of hydrogen-bond acceptors (Lipinski definition) is 5. The summed E-state index contributed by atoms with van der Waals surface area (Å²) in [6.45, 7) is 2.83. The summed E-state index contributed by atoms with van der Waals surface area (Å²) >= 11 is 0. The molecule has 1 aromatic rings. The number of ether oxygens (including phenoxy) is 2. The van der Waals surface area contributed by atoms with Crippen molar-refractivity contribution in [3.05, 3.63) is 35.9 Å². The summed E-state index contributed by atoms with van der Waals surface area (Å²) in [6, 6.07) is 9.55. The van der Waals surface area contributed by atoms with E-state index in [1.165, 1.54) is 0 Å². The second kappa shape index (κ2) is 7.46. The van der Waals surface area contributed by atoms with Gasteiger partial charge >= 0.3 is 12.1 Å². The van der Waals surface area contributed by atoms with Crippen LogP contribution in [0.5, 0.6) is 0 Å². The topological polar surface area (TPSA) is 67.9 Å². The zero-order chi connectivity index (χ0) is 16.1. The molecule has 23 heavy (non-hydrogen) atoms. The lowest BCUT2D eigenvalue weighted by Gasteiger charge is -2.38. The van der Waals surface area contributed by atoms with Gasteiger partial charge in [-0.05, 0) is 31.5 Å². The molecule has 6 nitrogen and oxygen atoms in total. The first-order chi connectivity index (χ1) is 11.2. The van der Waals surface area contributed by atoms with Gasteiger partial charge in [-0.3, -0.25) is 4.79 Å². The van der Waals surface area contributed by atoms with E-state index in [4.69, 9.17) is 9.47 Å². The van der Waals surface area contributed by atoms with Crippen molar-refractivity contribution < 1.29 is 19.1 Å². The number of nitrogens with one attached hydrogen (secondary N) is 1. The number of nitrogens with zero attached hydrogens (tertiary/aromatic N) is 1. The van der Waals surface area contributed by atoms with Crippen LogP contribution < -0.4 is 5.32 Å². The molecule has 0 aromatic heterocycles.